The number of rotatable bonds is 8. The largest absolute Gasteiger partial charge is 0.497 e. The first-order chi connectivity index (χ1) is 17.8. The average Bonchev–Trinajstić information content (AvgIpc) is 3.62. The highest BCUT2D eigenvalue weighted by atomic mass is 32.2. The molecule has 0 bridgehead atoms. The summed E-state index contributed by atoms with van der Waals surface area (Å²) in [6, 6.07) is 15.6. The van der Waals surface area contributed by atoms with Crippen molar-refractivity contribution in [2.24, 2.45) is 4.99 Å². The Morgan fingerprint density at radius 1 is 1.11 bits per heavy atom. The second kappa shape index (κ2) is 10.5. The second-order valence-corrected chi connectivity index (χ2v) is 10.8. The first kappa shape index (κ1) is 25.1. The molecule has 2 heterocycles. The summed E-state index contributed by atoms with van der Waals surface area (Å²) in [4.78, 5) is 33.3. The minimum Gasteiger partial charge on any atom is -0.497 e. The number of amidine groups is 1. The molecule has 0 radical (unpaired) electrons. The summed E-state index contributed by atoms with van der Waals surface area (Å²) in [7, 11) is 1.61. The highest BCUT2D eigenvalue weighted by Crippen LogP contribution is 2.45. The summed E-state index contributed by atoms with van der Waals surface area (Å²) in [6.45, 7) is 6.20. The molecular weight excluding hydrogens is 484 g/mol. The zero-order chi connectivity index (χ0) is 26.1. The molecule has 2 aromatic rings. The summed E-state index contributed by atoms with van der Waals surface area (Å²) in [5.41, 5.74) is 4.96. The molecule has 3 aliphatic rings. The Morgan fingerprint density at radius 3 is 2.43 bits per heavy atom. The molecule has 0 saturated heterocycles. The number of carbonyl (C=O) groups is 2. The minimum absolute atomic E-state index is 0.0000140. The van der Waals surface area contributed by atoms with E-state index in [0.29, 0.717) is 28.9 Å². The predicted molar refractivity (Wildman–Crippen MR) is 148 cm³/mol. The summed E-state index contributed by atoms with van der Waals surface area (Å²) >= 11 is 1.50. The molecule has 2 aliphatic heterocycles. The lowest BCUT2D eigenvalue weighted by Gasteiger charge is -2.36. The normalized spacial score (nSPS) is 18.8. The fourth-order valence-electron chi connectivity index (χ4n) is 4.58. The SMILES string of the molecule is COc1ccc(NC(=O)C2=C(C)N=C3SC=C(CC(=O)NC4CC4)N3[C@@H]2c2ccc(C(C)C)cc2)cc1. The highest BCUT2D eigenvalue weighted by Gasteiger charge is 2.40. The number of anilines is 1. The monoisotopic (exact) mass is 516 g/mol. The fourth-order valence-corrected chi connectivity index (χ4v) is 5.55. The van der Waals surface area contributed by atoms with Crippen LogP contribution in [0.3, 0.4) is 0 Å². The number of hydrogen-bond donors (Lipinski definition) is 2. The van der Waals surface area contributed by atoms with Crippen LogP contribution < -0.4 is 15.4 Å². The van der Waals surface area contributed by atoms with Crippen molar-refractivity contribution in [1.29, 1.82) is 0 Å². The van der Waals surface area contributed by atoms with Crippen LogP contribution in [0, 0.1) is 0 Å². The number of methoxy groups -OCH3 is 1. The zero-order valence-corrected chi connectivity index (χ0v) is 22.4. The van der Waals surface area contributed by atoms with Crippen molar-refractivity contribution in [2.75, 3.05) is 12.4 Å². The molecule has 1 fully saturated rings. The molecule has 2 N–H and O–H groups in total. The molecule has 0 unspecified atom stereocenters. The van der Waals surface area contributed by atoms with Gasteiger partial charge in [-0.15, -0.1) is 0 Å². The molecule has 0 spiro atoms. The standard InChI is InChI=1S/C29H32N4O3S/c1-17(2)19-5-7-20(8-6-19)27-26(28(35)32-22-11-13-24(36-4)14-12-22)18(3)30-29-33(27)23(16-37-29)15-25(34)31-21-9-10-21/h5-8,11-14,16-17,21,27H,9-10,15H2,1-4H3,(H,31,34)(H,32,35)/t27-/m1/s1. The number of fused-ring (bicyclic) bond motifs is 1. The van der Waals surface area contributed by atoms with Crippen molar-refractivity contribution in [3.8, 4) is 5.75 Å². The van der Waals surface area contributed by atoms with E-state index in [2.05, 4.69) is 53.6 Å². The maximum Gasteiger partial charge on any atom is 0.255 e. The van der Waals surface area contributed by atoms with E-state index < -0.39 is 6.04 Å². The molecule has 1 atom stereocenters. The van der Waals surface area contributed by atoms with E-state index in [1.54, 1.807) is 7.11 Å². The number of benzene rings is 2. The molecule has 2 amide bonds. The number of aliphatic imine (C=N–C) groups is 1. The van der Waals surface area contributed by atoms with Crippen LogP contribution in [0.1, 0.15) is 63.1 Å². The Morgan fingerprint density at radius 2 is 1.81 bits per heavy atom. The molecule has 37 heavy (non-hydrogen) atoms. The maximum atomic E-state index is 13.8. The quantitative estimate of drug-likeness (QED) is 0.470. The van der Waals surface area contributed by atoms with Crippen LogP contribution in [0.25, 0.3) is 0 Å². The van der Waals surface area contributed by atoms with Gasteiger partial charge in [-0.05, 0) is 66.5 Å². The van der Waals surface area contributed by atoms with Gasteiger partial charge < -0.3 is 20.3 Å². The van der Waals surface area contributed by atoms with Crippen molar-refractivity contribution >= 4 is 34.4 Å². The predicted octanol–water partition coefficient (Wildman–Crippen LogP) is 5.70. The van der Waals surface area contributed by atoms with Crippen molar-refractivity contribution < 1.29 is 14.3 Å². The molecule has 7 nitrogen and oxygen atoms in total. The first-order valence-corrected chi connectivity index (χ1v) is 13.5. The van der Waals surface area contributed by atoms with E-state index in [1.165, 1.54) is 17.3 Å². The summed E-state index contributed by atoms with van der Waals surface area (Å²) in [6.07, 6.45) is 2.33. The van der Waals surface area contributed by atoms with Gasteiger partial charge in [-0.25, -0.2) is 4.99 Å². The van der Waals surface area contributed by atoms with Crippen molar-refractivity contribution in [3.05, 3.63) is 82.0 Å². The van der Waals surface area contributed by atoms with E-state index in [9.17, 15) is 9.59 Å². The number of nitrogens with zero attached hydrogens (tertiary/aromatic N) is 2. The molecule has 8 heteroatoms. The second-order valence-electron chi connectivity index (χ2n) is 9.92. The van der Waals surface area contributed by atoms with E-state index in [1.807, 2.05) is 36.6 Å². The van der Waals surface area contributed by atoms with Gasteiger partial charge in [0.25, 0.3) is 5.91 Å². The third kappa shape index (κ3) is 5.44. The number of amides is 2. The Labute approximate surface area is 222 Å². The van der Waals surface area contributed by atoms with Gasteiger partial charge in [0, 0.05) is 17.4 Å². The van der Waals surface area contributed by atoms with Crippen LogP contribution in [0.15, 0.2) is 75.9 Å². The lowest BCUT2D eigenvalue weighted by molar-refractivity contribution is -0.120. The van der Waals surface area contributed by atoms with E-state index in [-0.39, 0.29) is 18.2 Å². The van der Waals surface area contributed by atoms with Gasteiger partial charge in [0.15, 0.2) is 5.17 Å². The highest BCUT2D eigenvalue weighted by molar-refractivity contribution is 8.16. The maximum absolute atomic E-state index is 13.8. The van der Waals surface area contributed by atoms with Gasteiger partial charge in [0.1, 0.15) is 5.75 Å². The van der Waals surface area contributed by atoms with Crippen molar-refractivity contribution in [1.82, 2.24) is 10.2 Å². The third-order valence-corrected chi connectivity index (χ3v) is 7.68. The Bertz CT molecular complexity index is 1290. The number of allylic oxidation sites excluding steroid dienone is 1. The first-order valence-electron chi connectivity index (χ1n) is 12.6. The van der Waals surface area contributed by atoms with Crippen LogP contribution in [-0.4, -0.2) is 35.0 Å². The molecule has 2 aromatic carbocycles. The summed E-state index contributed by atoms with van der Waals surface area (Å²) < 4.78 is 5.24. The van der Waals surface area contributed by atoms with Crippen LogP contribution in [0.5, 0.6) is 5.75 Å². The third-order valence-electron chi connectivity index (χ3n) is 6.80. The number of carbonyl (C=O) groups excluding carboxylic acids is 2. The van der Waals surface area contributed by atoms with Crippen LogP contribution in [-0.2, 0) is 9.59 Å². The summed E-state index contributed by atoms with van der Waals surface area (Å²) in [5, 5.41) is 8.88. The van der Waals surface area contributed by atoms with Crippen molar-refractivity contribution in [2.45, 2.75) is 58.0 Å². The molecule has 1 saturated carbocycles. The van der Waals surface area contributed by atoms with Crippen molar-refractivity contribution in [3.63, 3.8) is 0 Å². The topological polar surface area (TPSA) is 83.0 Å². The Kier molecular flexibility index (Phi) is 7.11. The van der Waals surface area contributed by atoms with Gasteiger partial charge >= 0.3 is 0 Å². The zero-order valence-electron chi connectivity index (χ0n) is 21.6. The summed E-state index contributed by atoms with van der Waals surface area (Å²) in [5.74, 6) is 0.899. The van der Waals surface area contributed by atoms with E-state index in [0.717, 1.165) is 35.0 Å². The van der Waals surface area contributed by atoms with Crippen LogP contribution in [0.2, 0.25) is 0 Å². The van der Waals surface area contributed by atoms with E-state index >= 15 is 0 Å². The molecule has 0 aromatic heterocycles. The molecule has 192 valence electrons. The van der Waals surface area contributed by atoms with Gasteiger partial charge in [-0.2, -0.15) is 0 Å². The lowest BCUT2D eigenvalue weighted by Crippen LogP contribution is -2.39. The number of thioether (sulfide) groups is 1. The average molecular weight is 517 g/mol. The van der Waals surface area contributed by atoms with Gasteiger partial charge in [-0.3, -0.25) is 9.59 Å². The minimum atomic E-state index is -0.401. The van der Waals surface area contributed by atoms with Crippen LogP contribution >= 0.6 is 11.8 Å². The fraction of sp³-hybridized carbons (Fsp3) is 0.345. The van der Waals surface area contributed by atoms with Gasteiger partial charge in [-0.1, -0.05) is 49.9 Å². The molecule has 5 rings (SSSR count). The number of nitrogens with one attached hydrogen (secondary N) is 2. The molecule has 1 aliphatic carbocycles. The smallest absolute Gasteiger partial charge is 0.255 e. The van der Waals surface area contributed by atoms with Gasteiger partial charge in [0.05, 0.1) is 30.8 Å². The lowest BCUT2D eigenvalue weighted by atomic mass is 9.91. The number of hydrogen-bond acceptors (Lipinski definition) is 6. The Hall–Kier alpha value is -3.52. The van der Waals surface area contributed by atoms with Gasteiger partial charge in [0.2, 0.25) is 5.91 Å². The molecular formula is C29H32N4O3S. The Balaban J connectivity index is 1.49. The number of ether oxygens (including phenoxy) is 1. The van der Waals surface area contributed by atoms with E-state index in [4.69, 9.17) is 9.73 Å². The van der Waals surface area contributed by atoms with Crippen LogP contribution in [0.4, 0.5) is 5.69 Å².